The molecule has 0 unspecified atom stereocenters. The molecule has 0 spiro atoms. The Morgan fingerprint density at radius 2 is 1.84 bits per heavy atom. The molecule has 0 saturated carbocycles. The molecule has 0 saturated heterocycles. The number of amides is 1. The highest BCUT2D eigenvalue weighted by Gasteiger charge is 2.21. The monoisotopic (exact) mass is 406 g/mol. The average Bonchev–Trinajstić information content (AvgIpc) is 2.53. The Morgan fingerprint density at radius 1 is 1.20 bits per heavy atom. The molecule has 0 aliphatic heterocycles. The first-order valence-electron chi connectivity index (χ1n) is 8.10. The van der Waals surface area contributed by atoms with Crippen LogP contribution < -0.4 is 14.8 Å². The van der Waals surface area contributed by atoms with Gasteiger partial charge in [0, 0.05) is 11.8 Å². The zero-order valence-corrected chi connectivity index (χ0v) is 16.7. The van der Waals surface area contributed by atoms with Gasteiger partial charge in [0.2, 0.25) is 0 Å². The SMILES string of the molecule is COc1ccc([C@H](C)NC(=O)c2c(OC(C)C)cc(C)nc2Br)cc1. The molecule has 0 radical (unpaired) electrons. The molecule has 2 aromatic rings. The molecule has 1 heterocycles. The zero-order valence-electron chi connectivity index (χ0n) is 15.1. The molecule has 1 aromatic carbocycles. The first-order chi connectivity index (χ1) is 11.8. The number of rotatable bonds is 6. The molecule has 2 rings (SSSR count). The number of ether oxygens (including phenoxy) is 2. The van der Waals surface area contributed by atoms with Crippen LogP contribution >= 0.6 is 15.9 Å². The summed E-state index contributed by atoms with van der Waals surface area (Å²) in [6, 6.07) is 9.20. The topological polar surface area (TPSA) is 60.5 Å². The summed E-state index contributed by atoms with van der Waals surface area (Å²) in [6.45, 7) is 7.63. The summed E-state index contributed by atoms with van der Waals surface area (Å²) in [6.07, 6.45) is -0.0424. The Hall–Kier alpha value is -2.08. The van der Waals surface area contributed by atoms with Gasteiger partial charge in [0.25, 0.3) is 5.91 Å². The van der Waals surface area contributed by atoms with Crippen LogP contribution in [0.15, 0.2) is 34.9 Å². The number of hydrogen-bond donors (Lipinski definition) is 1. The summed E-state index contributed by atoms with van der Waals surface area (Å²) in [5.41, 5.74) is 2.17. The van der Waals surface area contributed by atoms with Gasteiger partial charge in [-0.3, -0.25) is 4.79 Å². The number of carbonyl (C=O) groups is 1. The van der Waals surface area contributed by atoms with E-state index >= 15 is 0 Å². The normalized spacial score (nSPS) is 12.0. The number of hydrogen-bond acceptors (Lipinski definition) is 4. The Morgan fingerprint density at radius 3 is 2.40 bits per heavy atom. The number of carbonyl (C=O) groups excluding carboxylic acids is 1. The number of methoxy groups -OCH3 is 1. The minimum atomic E-state index is -0.238. The fourth-order valence-corrected chi connectivity index (χ4v) is 3.06. The van der Waals surface area contributed by atoms with Gasteiger partial charge in [0.15, 0.2) is 0 Å². The molecule has 6 heteroatoms. The largest absolute Gasteiger partial charge is 0.497 e. The number of nitrogens with one attached hydrogen (secondary N) is 1. The summed E-state index contributed by atoms with van der Waals surface area (Å²) in [4.78, 5) is 17.1. The van der Waals surface area contributed by atoms with Crippen LogP contribution in [0.2, 0.25) is 0 Å². The zero-order chi connectivity index (χ0) is 18.6. The fraction of sp³-hybridized carbons (Fsp3) is 0.368. The van der Waals surface area contributed by atoms with Crippen LogP contribution in [0.25, 0.3) is 0 Å². The number of aromatic nitrogens is 1. The maximum absolute atomic E-state index is 12.8. The fourth-order valence-electron chi connectivity index (χ4n) is 2.40. The van der Waals surface area contributed by atoms with E-state index in [1.807, 2.05) is 52.0 Å². The van der Waals surface area contributed by atoms with Gasteiger partial charge < -0.3 is 14.8 Å². The van der Waals surface area contributed by atoms with E-state index in [0.717, 1.165) is 17.0 Å². The van der Waals surface area contributed by atoms with E-state index in [4.69, 9.17) is 9.47 Å². The van der Waals surface area contributed by atoms with E-state index in [1.54, 1.807) is 13.2 Å². The van der Waals surface area contributed by atoms with Crippen LogP contribution in [0, 0.1) is 6.92 Å². The van der Waals surface area contributed by atoms with Gasteiger partial charge in [-0.1, -0.05) is 12.1 Å². The third kappa shape index (κ3) is 4.95. The molecule has 1 aromatic heterocycles. The third-order valence-corrected chi connectivity index (χ3v) is 4.19. The molecule has 25 heavy (non-hydrogen) atoms. The lowest BCUT2D eigenvalue weighted by Crippen LogP contribution is -2.28. The predicted molar refractivity (Wildman–Crippen MR) is 101 cm³/mol. The van der Waals surface area contributed by atoms with Crippen LogP contribution in [-0.2, 0) is 0 Å². The van der Waals surface area contributed by atoms with E-state index in [-0.39, 0.29) is 18.1 Å². The van der Waals surface area contributed by atoms with Gasteiger partial charge in [-0.15, -0.1) is 0 Å². The summed E-state index contributed by atoms with van der Waals surface area (Å²) in [7, 11) is 1.62. The Kier molecular flexibility index (Phi) is 6.42. The van der Waals surface area contributed by atoms with Crippen LogP contribution in [0.5, 0.6) is 11.5 Å². The minimum absolute atomic E-state index is 0.0424. The van der Waals surface area contributed by atoms with Crippen molar-refractivity contribution in [3.63, 3.8) is 0 Å². The quantitative estimate of drug-likeness (QED) is 0.720. The second-order valence-electron chi connectivity index (χ2n) is 6.06. The van der Waals surface area contributed by atoms with E-state index < -0.39 is 0 Å². The molecule has 1 N–H and O–H groups in total. The van der Waals surface area contributed by atoms with Gasteiger partial charge in [-0.2, -0.15) is 0 Å². The highest BCUT2D eigenvalue weighted by Crippen LogP contribution is 2.28. The summed E-state index contributed by atoms with van der Waals surface area (Å²) < 4.78 is 11.4. The lowest BCUT2D eigenvalue weighted by molar-refractivity contribution is 0.0932. The lowest BCUT2D eigenvalue weighted by atomic mass is 10.1. The Labute approximate surface area is 156 Å². The third-order valence-electron chi connectivity index (χ3n) is 3.62. The van der Waals surface area contributed by atoms with E-state index in [9.17, 15) is 4.79 Å². The number of halogens is 1. The lowest BCUT2D eigenvalue weighted by Gasteiger charge is -2.19. The van der Waals surface area contributed by atoms with Crippen molar-refractivity contribution in [2.45, 2.75) is 39.8 Å². The second kappa shape index (κ2) is 8.34. The van der Waals surface area contributed by atoms with Crippen LogP contribution in [0.1, 0.15) is 48.4 Å². The molecule has 134 valence electrons. The highest BCUT2D eigenvalue weighted by atomic mass is 79.9. The number of benzene rings is 1. The smallest absolute Gasteiger partial charge is 0.258 e. The molecule has 0 aliphatic carbocycles. The second-order valence-corrected chi connectivity index (χ2v) is 6.81. The molecule has 0 fully saturated rings. The molecular formula is C19H23BrN2O3. The molecular weight excluding hydrogens is 384 g/mol. The molecule has 0 bridgehead atoms. The predicted octanol–water partition coefficient (Wildman–Crippen LogP) is 4.44. The summed E-state index contributed by atoms with van der Waals surface area (Å²) in [5, 5.41) is 2.99. The van der Waals surface area contributed by atoms with Crippen molar-refractivity contribution in [3.05, 3.63) is 51.8 Å². The minimum Gasteiger partial charge on any atom is -0.497 e. The average molecular weight is 407 g/mol. The van der Waals surface area contributed by atoms with Crippen LogP contribution in [-0.4, -0.2) is 24.1 Å². The van der Waals surface area contributed by atoms with Crippen molar-refractivity contribution in [2.24, 2.45) is 0 Å². The summed E-state index contributed by atoms with van der Waals surface area (Å²) >= 11 is 3.39. The van der Waals surface area contributed by atoms with Gasteiger partial charge in [-0.25, -0.2) is 4.98 Å². The molecule has 1 amide bonds. The van der Waals surface area contributed by atoms with Crippen molar-refractivity contribution < 1.29 is 14.3 Å². The van der Waals surface area contributed by atoms with Gasteiger partial charge >= 0.3 is 0 Å². The van der Waals surface area contributed by atoms with Gasteiger partial charge in [0.1, 0.15) is 21.7 Å². The Bertz CT molecular complexity index is 745. The van der Waals surface area contributed by atoms with Crippen molar-refractivity contribution >= 4 is 21.8 Å². The first-order valence-corrected chi connectivity index (χ1v) is 8.89. The van der Waals surface area contributed by atoms with Crippen molar-refractivity contribution in [1.29, 1.82) is 0 Å². The Balaban J connectivity index is 2.24. The van der Waals surface area contributed by atoms with Crippen LogP contribution in [0.3, 0.4) is 0 Å². The highest BCUT2D eigenvalue weighted by molar-refractivity contribution is 9.10. The van der Waals surface area contributed by atoms with Crippen molar-refractivity contribution in [3.8, 4) is 11.5 Å². The van der Waals surface area contributed by atoms with E-state index in [1.165, 1.54) is 0 Å². The number of nitrogens with zero attached hydrogens (tertiary/aromatic N) is 1. The first kappa shape index (κ1) is 19.2. The molecule has 0 aliphatic rings. The van der Waals surface area contributed by atoms with Gasteiger partial charge in [-0.05, 0) is 61.3 Å². The van der Waals surface area contributed by atoms with E-state index in [2.05, 4.69) is 26.2 Å². The van der Waals surface area contributed by atoms with Crippen molar-refractivity contribution in [2.75, 3.05) is 7.11 Å². The number of aryl methyl sites for hydroxylation is 1. The molecule has 5 nitrogen and oxygen atoms in total. The number of pyridine rings is 1. The van der Waals surface area contributed by atoms with Crippen LogP contribution in [0.4, 0.5) is 0 Å². The standard InChI is InChI=1S/C19H23BrN2O3/c1-11(2)25-16-10-12(3)21-18(20)17(16)19(23)22-13(4)14-6-8-15(24-5)9-7-14/h6-11,13H,1-5H3,(H,22,23)/t13-/m0/s1. The van der Waals surface area contributed by atoms with Crippen molar-refractivity contribution in [1.82, 2.24) is 10.3 Å². The molecule has 1 atom stereocenters. The van der Waals surface area contributed by atoms with Gasteiger partial charge in [0.05, 0.1) is 19.3 Å². The van der Waals surface area contributed by atoms with E-state index in [0.29, 0.717) is 15.9 Å². The maximum atomic E-state index is 12.8. The maximum Gasteiger partial charge on any atom is 0.258 e. The summed E-state index contributed by atoms with van der Waals surface area (Å²) in [5.74, 6) is 1.06.